The van der Waals surface area contributed by atoms with E-state index in [1.807, 2.05) is 36.4 Å². The zero-order valence-corrected chi connectivity index (χ0v) is 27.7. The lowest BCUT2D eigenvalue weighted by atomic mass is 10.1. The summed E-state index contributed by atoms with van der Waals surface area (Å²) in [4.78, 5) is 15.4. The molecule has 10 nitrogen and oxygen atoms in total. The van der Waals surface area contributed by atoms with Gasteiger partial charge < -0.3 is 4.74 Å². The van der Waals surface area contributed by atoms with Crippen LogP contribution in [-0.2, 0) is 14.8 Å². The van der Waals surface area contributed by atoms with Crippen LogP contribution in [0.5, 0.6) is 0 Å². The van der Waals surface area contributed by atoms with Gasteiger partial charge in [-0.3, -0.25) is 9.55 Å². The van der Waals surface area contributed by atoms with Crippen LogP contribution in [0.4, 0.5) is 0 Å². The van der Waals surface area contributed by atoms with Crippen LogP contribution in [0.1, 0.15) is 26.3 Å². The number of benzene rings is 2. The number of thiophene rings is 1. The van der Waals surface area contributed by atoms with Gasteiger partial charge in [0.1, 0.15) is 9.86 Å². The molecule has 0 amide bonds. The number of pyridine rings is 1. The largest absolute Gasteiger partial charge is 0.379 e. The predicted molar refractivity (Wildman–Crippen MR) is 180 cm³/mol. The van der Waals surface area contributed by atoms with Crippen molar-refractivity contribution < 1.29 is 13.2 Å². The van der Waals surface area contributed by atoms with E-state index in [1.165, 1.54) is 16.1 Å². The third-order valence-corrected chi connectivity index (χ3v) is 11.7. The van der Waals surface area contributed by atoms with Crippen molar-refractivity contribution in [1.82, 2.24) is 34.0 Å². The molecule has 2 aromatic carbocycles. The van der Waals surface area contributed by atoms with E-state index in [0.29, 0.717) is 48.7 Å². The van der Waals surface area contributed by atoms with Crippen molar-refractivity contribution in [3.63, 3.8) is 0 Å². The highest BCUT2D eigenvalue weighted by Gasteiger charge is 2.28. The molecule has 7 rings (SSSR count). The minimum Gasteiger partial charge on any atom is -0.379 e. The Hall–Kier alpha value is -4.01. The van der Waals surface area contributed by atoms with Gasteiger partial charge in [0.2, 0.25) is 10.0 Å². The van der Waals surface area contributed by atoms with Gasteiger partial charge in [-0.25, -0.2) is 18.4 Å². The highest BCUT2D eigenvalue weighted by molar-refractivity contribution is 7.99. The van der Waals surface area contributed by atoms with Gasteiger partial charge in [0.15, 0.2) is 16.8 Å². The van der Waals surface area contributed by atoms with Gasteiger partial charge in [0.05, 0.1) is 23.5 Å². The number of fused-ring (bicyclic) bond motifs is 1. The molecule has 0 bridgehead atoms. The second-order valence-corrected chi connectivity index (χ2v) is 14.6. The van der Waals surface area contributed by atoms with E-state index >= 15 is 0 Å². The van der Waals surface area contributed by atoms with Crippen molar-refractivity contribution in [2.75, 3.05) is 26.3 Å². The summed E-state index contributed by atoms with van der Waals surface area (Å²) in [6.45, 7) is 5.66. The zero-order valence-electron chi connectivity index (χ0n) is 25.3. The van der Waals surface area contributed by atoms with Gasteiger partial charge >= 0.3 is 0 Å². The average molecular weight is 670 g/mol. The molecule has 1 aliphatic rings. The lowest BCUT2D eigenvalue weighted by Gasteiger charge is -2.26. The van der Waals surface area contributed by atoms with Crippen LogP contribution in [0.2, 0.25) is 0 Å². The van der Waals surface area contributed by atoms with Crippen LogP contribution in [0.25, 0.3) is 44.1 Å². The normalized spacial score (nSPS) is 14.9. The van der Waals surface area contributed by atoms with E-state index in [4.69, 9.17) is 14.7 Å². The molecular weight excluding hydrogens is 639 g/mol. The molecular formula is C33H31N7O3S3. The van der Waals surface area contributed by atoms with Crippen molar-refractivity contribution in [2.45, 2.75) is 41.4 Å². The number of aromatic nitrogens is 6. The number of morpholine rings is 1. The monoisotopic (exact) mass is 669 g/mol. The van der Waals surface area contributed by atoms with Crippen LogP contribution in [-0.4, -0.2) is 68.7 Å². The predicted octanol–water partition coefficient (Wildman–Crippen LogP) is 6.82. The van der Waals surface area contributed by atoms with Crippen LogP contribution in [0.15, 0.2) is 99.6 Å². The molecule has 4 aromatic heterocycles. The Kier molecular flexibility index (Phi) is 8.66. The van der Waals surface area contributed by atoms with Crippen molar-refractivity contribution in [2.24, 2.45) is 0 Å². The second-order valence-electron chi connectivity index (χ2n) is 10.9. The van der Waals surface area contributed by atoms with E-state index in [1.54, 1.807) is 41.9 Å². The van der Waals surface area contributed by atoms with Crippen molar-refractivity contribution in [3.8, 4) is 33.9 Å². The molecule has 0 aliphatic carbocycles. The van der Waals surface area contributed by atoms with Gasteiger partial charge in [-0.1, -0.05) is 49.4 Å². The second kappa shape index (κ2) is 13.0. The molecule has 6 aromatic rings. The molecule has 1 atom stereocenters. The highest BCUT2D eigenvalue weighted by atomic mass is 32.2. The van der Waals surface area contributed by atoms with Crippen LogP contribution >= 0.6 is 23.1 Å². The van der Waals surface area contributed by atoms with Crippen LogP contribution in [0, 0.1) is 0 Å². The Bertz CT molecular complexity index is 2100. The van der Waals surface area contributed by atoms with E-state index in [2.05, 4.69) is 51.1 Å². The van der Waals surface area contributed by atoms with Gasteiger partial charge in [-0.15, -0.1) is 21.5 Å². The van der Waals surface area contributed by atoms with Gasteiger partial charge in [0, 0.05) is 53.6 Å². The fourth-order valence-electron chi connectivity index (χ4n) is 5.38. The smallest absolute Gasteiger partial charge is 0.243 e. The maximum Gasteiger partial charge on any atom is 0.243 e. The highest BCUT2D eigenvalue weighted by Crippen LogP contribution is 2.42. The Morgan fingerprint density at radius 1 is 0.957 bits per heavy atom. The maximum absolute atomic E-state index is 13.5. The minimum atomic E-state index is -3.68. The summed E-state index contributed by atoms with van der Waals surface area (Å²) in [7, 11) is -3.68. The molecule has 0 spiro atoms. The van der Waals surface area contributed by atoms with Crippen molar-refractivity contribution in [1.29, 1.82) is 0 Å². The molecule has 1 aliphatic heterocycles. The molecule has 0 N–H and O–H groups in total. The Morgan fingerprint density at radius 3 is 2.50 bits per heavy atom. The van der Waals surface area contributed by atoms with E-state index < -0.39 is 10.0 Å². The first-order chi connectivity index (χ1) is 22.4. The fourth-order valence-corrected chi connectivity index (χ4v) is 8.91. The molecule has 0 saturated carbocycles. The molecule has 1 unspecified atom stereocenters. The van der Waals surface area contributed by atoms with E-state index in [-0.39, 0.29) is 10.9 Å². The lowest BCUT2D eigenvalue weighted by molar-refractivity contribution is 0.0730. The average Bonchev–Trinajstić information content (AvgIpc) is 3.74. The summed E-state index contributed by atoms with van der Waals surface area (Å²) in [5.74, 6) is 1.18. The van der Waals surface area contributed by atoms with Crippen molar-refractivity contribution in [3.05, 3.63) is 84.5 Å². The number of nitrogens with zero attached hydrogens (tertiary/aromatic N) is 7. The van der Waals surface area contributed by atoms with Gasteiger partial charge in [-0.2, -0.15) is 4.31 Å². The van der Waals surface area contributed by atoms with Crippen LogP contribution in [0.3, 0.4) is 0 Å². The number of hydrogen-bond acceptors (Lipinski definition) is 10. The molecule has 1 fully saturated rings. The summed E-state index contributed by atoms with van der Waals surface area (Å²) in [5.41, 5.74) is 3.63. The zero-order chi connectivity index (χ0) is 31.7. The number of hydrogen-bond donors (Lipinski definition) is 0. The standard InChI is InChI=1S/C33H31N7O3S3/c1-3-22(2)40-30(24-11-7-13-26(19-24)46(41,42)39-15-17-43-18-16-39)37-38-33(40)45-32-28-27(23-9-5-4-6-10-23)21-44-31(28)35-29(36-32)25-12-8-14-34-20-25/h4-14,19-22H,3,15-18H2,1-2H3. The number of sulfonamides is 1. The summed E-state index contributed by atoms with van der Waals surface area (Å²) in [5, 5.41) is 13.8. The topological polar surface area (TPSA) is 116 Å². The summed E-state index contributed by atoms with van der Waals surface area (Å²) in [6.07, 6.45) is 4.31. The number of ether oxygens (including phenoxy) is 1. The third kappa shape index (κ3) is 5.84. The molecule has 1 saturated heterocycles. The summed E-state index contributed by atoms with van der Waals surface area (Å²) < 4.78 is 35.9. The molecule has 0 radical (unpaired) electrons. The first-order valence-corrected chi connectivity index (χ1v) is 18.1. The Morgan fingerprint density at radius 2 is 1.74 bits per heavy atom. The third-order valence-electron chi connectivity index (χ3n) is 7.99. The minimum absolute atomic E-state index is 0.0261. The van der Waals surface area contributed by atoms with Crippen molar-refractivity contribution >= 4 is 43.3 Å². The molecule has 46 heavy (non-hydrogen) atoms. The number of rotatable bonds is 9. The quantitative estimate of drug-likeness (QED) is 0.153. The SMILES string of the molecule is CCC(C)n1c(Sc2nc(-c3cccnc3)nc3scc(-c4ccccc4)c23)nnc1-c1cccc(S(=O)(=O)N2CCOCC2)c1. The maximum atomic E-state index is 13.5. The summed E-state index contributed by atoms with van der Waals surface area (Å²) in [6, 6.07) is 21.0. The Labute approximate surface area is 275 Å². The molecule has 13 heteroatoms. The fraction of sp³-hybridized carbons (Fsp3) is 0.242. The van der Waals surface area contributed by atoms with Gasteiger partial charge in [0.25, 0.3) is 0 Å². The molecule has 5 heterocycles. The summed E-state index contributed by atoms with van der Waals surface area (Å²) >= 11 is 3.02. The lowest BCUT2D eigenvalue weighted by Crippen LogP contribution is -2.40. The Balaban J connectivity index is 1.34. The van der Waals surface area contributed by atoms with Crippen LogP contribution < -0.4 is 0 Å². The first kappa shape index (κ1) is 30.6. The van der Waals surface area contributed by atoms with E-state index in [0.717, 1.165) is 38.4 Å². The van der Waals surface area contributed by atoms with E-state index in [9.17, 15) is 8.42 Å². The van der Waals surface area contributed by atoms with Gasteiger partial charge in [-0.05, 0) is 54.9 Å². The molecule has 234 valence electrons. The first-order valence-electron chi connectivity index (χ1n) is 15.0.